The molecule has 0 unspecified atom stereocenters. The van der Waals surface area contributed by atoms with Crippen molar-refractivity contribution < 1.29 is 23.1 Å². The van der Waals surface area contributed by atoms with Gasteiger partial charge in [-0.1, -0.05) is 12.1 Å². The summed E-state index contributed by atoms with van der Waals surface area (Å²) < 4.78 is 36.9. The van der Waals surface area contributed by atoms with E-state index in [9.17, 15) is 23.1 Å². The molecule has 1 heterocycles. The van der Waals surface area contributed by atoms with E-state index in [1.165, 1.54) is 7.05 Å². The number of aromatic hydroxyl groups is 1. The third-order valence-electron chi connectivity index (χ3n) is 4.15. The van der Waals surface area contributed by atoms with Crippen LogP contribution in [0.5, 0.6) is 5.75 Å². The summed E-state index contributed by atoms with van der Waals surface area (Å²) in [5, 5.41) is 9.30. The normalized spacial score (nSPS) is 17.2. The van der Waals surface area contributed by atoms with Crippen LogP contribution in [0.3, 0.4) is 0 Å². The minimum absolute atomic E-state index is 0.0227. The molecule has 1 aliphatic rings. The summed E-state index contributed by atoms with van der Waals surface area (Å²) in [6.45, 7) is 0.166. The van der Waals surface area contributed by atoms with Gasteiger partial charge < -0.3 is 10.0 Å². The molecule has 1 aliphatic heterocycles. The van der Waals surface area contributed by atoms with Gasteiger partial charge in [-0.25, -0.2) is 0 Å². The van der Waals surface area contributed by atoms with E-state index in [-0.39, 0.29) is 12.3 Å². The van der Waals surface area contributed by atoms with Crippen LogP contribution in [0.1, 0.15) is 24.3 Å². The van der Waals surface area contributed by atoms with Crippen molar-refractivity contribution in [1.82, 2.24) is 9.80 Å². The smallest absolute Gasteiger partial charge is 0.406 e. The number of phenolic OH excluding ortho intramolecular Hbond substituents is 1. The SMILES string of the molecule is CN(CC(F)(F)F)C(=O)CN1CCC(c2ccc(O)cc2)CC1. The number of likely N-dealkylation sites (N-methyl/N-ethyl adjacent to an activating group) is 1. The van der Waals surface area contributed by atoms with Gasteiger partial charge in [0.15, 0.2) is 0 Å². The molecule has 1 fully saturated rings. The van der Waals surface area contributed by atoms with Crippen LogP contribution in [-0.2, 0) is 4.79 Å². The summed E-state index contributed by atoms with van der Waals surface area (Å²) in [4.78, 5) is 14.5. The van der Waals surface area contributed by atoms with Crippen LogP contribution >= 0.6 is 0 Å². The molecule has 7 heteroatoms. The van der Waals surface area contributed by atoms with Gasteiger partial charge in [0.25, 0.3) is 0 Å². The Labute approximate surface area is 133 Å². The van der Waals surface area contributed by atoms with Crippen molar-refractivity contribution in [2.45, 2.75) is 24.9 Å². The van der Waals surface area contributed by atoms with Gasteiger partial charge in [0, 0.05) is 7.05 Å². The predicted molar refractivity (Wildman–Crippen MR) is 80.2 cm³/mol. The Bertz CT molecular complexity index is 523. The molecule has 0 aliphatic carbocycles. The van der Waals surface area contributed by atoms with Crippen molar-refractivity contribution >= 4 is 5.91 Å². The summed E-state index contributed by atoms with van der Waals surface area (Å²) in [7, 11) is 1.18. The lowest BCUT2D eigenvalue weighted by atomic mass is 9.89. The number of carbonyl (C=O) groups is 1. The number of hydrogen-bond acceptors (Lipinski definition) is 3. The van der Waals surface area contributed by atoms with Gasteiger partial charge in [-0.15, -0.1) is 0 Å². The number of hydrogen-bond donors (Lipinski definition) is 1. The Morgan fingerprint density at radius 3 is 2.35 bits per heavy atom. The van der Waals surface area contributed by atoms with Gasteiger partial charge in [0.1, 0.15) is 12.3 Å². The molecule has 0 saturated carbocycles. The highest BCUT2D eigenvalue weighted by Gasteiger charge is 2.32. The maximum atomic E-state index is 12.3. The van der Waals surface area contributed by atoms with E-state index in [2.05, 4.69) is 0 Å². The number of halogens is 3. The third-order valence-corrected chi connectivity index (χ3v) is 4.15. The van der Waals surface area contributed by atoms with Crippen molar-refractivity contribution in [3.63, 3.8) is 0 Å². The van der Waals surface area contributed by atoms with Crippen molar-refractivity contribution in [3.8, 4) is 5.75 Å². The van der Waals surface area contributed by atoms with Gasteiger partial charge in [-0.2, -0.15) is 13.2 Å². The van der Waals surface area contributed by atoms with E-state index in [4.69, 9.17) is 0 Å². The van der Waals surface area contributed by atoms with Crippen molar-refractivity contribution in [2.75, 3.05) is 33.2 Å². The molecule has 1 aromatic rings. The van der Waals surface area contributed by atoms with Crippen LogP contribution in [0.2, 0.25) is 0 Å². The number of amides is 1. The van der Waals surface area contributed by atoms with Gasteiger partial charge in [0.05, 0.1) is 6.54 Å². The molecule has 23 heavy (non-hydrogen) atoms. The van der Waals surface area contributed by atoms with Gasteiger partial charge in [-0.3, -0.25) is 9.69 Å². The van der Waals surface area contributed by atoms with Crippen molar-refractivity contribution in [1.29, 1.82) is 0 Å². The molecule has 0 radical (unpaired) electrons. The summed E-state index contributed by atoms with van der Waals surface area (Å²) >= 11 is 0. The number of phenols is 1. The summed E-state index contributed by atoms with van der Waals surface area (Å²) in [6.07, 6.45) is -2.67. The molecular formula is C16H21F3N2O2. The predicted octanol–water partition coefficient (Wildman–Crippen LogP) is 2.59. The number of likely N-dealkylation sites (tertiary alicyclic amines) is 1. The molecule has 128 valence electrons. The molecule has 2 rings (SSSR count). The lowest BCUT2D eigenvalue weighted by molar-refractivity contribution is -0.159. The van der Waals surface area contributed by atoms with Crippen LogP contribution in [0, 0.1) is 0 Å². The van der Waals surface area contributed by atoms with Crippen LogP contribution in [0.25, 0.3) is 0 Å². The fourth-order valence-corrected chi connectivity index (χ4v) is 2.84. The first kappa shape index (κ1) is 17.6. The van der Waals surface area contributed by atoms with Crippen molar-refractivity contribution in [2.24, 2.45) is 0 Å². The molecule has 0 aromatic heterocycles. The molecule has 0 spiro atoms. The van der Waals surface area contributed by atoms with Crippen LogP contribution in [-0.4, -0.2) is 60.2 Å². The topological polar surface area (TPSA) is 43.8 Å². The van der Waals surface area contributed by atoms with Crippen LogP contribution < -0.4 is 0 Å². The number of piperidine rings is 1. The fourth-order valence-electron chi connectivity index (χ4n) is 2.84. The Morgan fingerprint density at radius 1 is 1.26 bits per heavy atom. The van der Waals surface area contributed by atoms with Gasteiger partial charge in [-0.05, 0) is 49.5 Å². The first-order chi connectivity index (χ1) is 10.7. The van der Waals surface area contributed by atoms with Crippen molar-refractivity contribution in [3.05, 3.63) is 29.8 Å². The average Bonchev–Trinajstić information content (AvgIpc) is 2.47. The second-order valence-corrected chi connectivity index (χ2v) is 6.01. The average molecular weight is 330 g/mol. The quantitative estimate of drug-likeness (QED) is 0.923. The Morgan fingerprint density at radius 2 is 1.83 bits per heavy atom. The van der Waals surface area contributed by atoms with E-state index >= 15 is 0 Å². The summed E-state index contributed by atoms with van der Waals surface area (Å²) in [6, 6.07) is 7.07. The zero-order valence-electron chi connectivity index (χ0n) is 13.0. The maximum Gasteiger partial charge on any atom is 0.406 e. The molecule has 1 N–H and O–H groups in total. The standard InChI is InChI=1S/C16H21F3N2O2/c1-20(11-16(17,18)19)15(23)10-21-8-6-13(7-9-21)12-2-4-14(22)5-3-12/h2-5,13,22H,6-11H2,1H3. The first-order valence-electron chi connectivity index (χ1n) is 7.56. The molecule has 1 amide bonds. The summed E-state index contributed by atoms with van der Waals surface area (Å²) in [5.74, 6) is 0.0738. The number of alkyl halides is 3. The monoisotopic (exact) mass is 330 g/mol. The molecule has 0 atom stereocenters. The lowest BCUT2D eigenvalue weighted by Gasteiger charge is -2.32. The zero-order valence-corrected chi connectivity index (χ0v) is 13.0. The highest BCUT2D eigenvalue weighted by atomic mass is 19.4. The maximum absolute atomic E-state index is 12.3. The second-order valence-electron chi connectivity index (χ2n) is 6.01. The fraction of sp³-hybridized carbons (Fsp3) is 0.562. The molecular weight excluding hydrogens is 309 g/mol. The second kappa shape index (κ2) is 7.21. The minimum Gasteiger partial charge on any atom is -0.508 e. The first-order valence-corrected chi connectivity index (χ1v) is 7.56. The number of carbonyl (C=O) groups excluding carboxylic acids is 1. The van der Waals surface area contributed by atoms with Gasteiger partial charge >= 0.3 is 6.18 Å². The van der Waals surface area contributed by atoms with E-state index in [0.29, 0.717) is 19.0 Å². The largest absolute Gasteiger partial charge is 0.508 e. The van der Waals surface area contributed by atoms with Crippen LogP contribution in [0.15, 0.2) is 24.3 Å². The number of benzene rings is 1. The van der Waals surface area contributed by atoms with Gasteiger partial charge in [0.2, 0.25) is 5.91 Å². The molecule has 4 nitrogen and oxygen atoms in total. The zero-order chi connectivity index (χ0) is 17.0. The lowest BCUT2D eigenvalue weighted by Crippen LogP contribution is -2.44. The van der Waals surface area contributed by atoms with E-state index in [0.717, 1.165) is 23.3 Å². The van der Waals surface area contributed by atoms with Crippen LogP contribution in [0.4, 0.5) is 13.2 Å². The Kier molecular flexibility index (Phi) is 5.51. The molecule has 0 bridgehead atoms. The number of nitrogens with zero attached hydrogens (tertiary/aromatic N) is 2. The van der Waals surface area contributed by atoms with E-state index in [1.54, 1.807) is 12.1 Å². The molecule has 1 aromatic carbocycles. The third kappa shape index (κ3) is 5.42. The Hall–Kier alpha value is -1.76. The van der Waals surface area contributed by atoms with E-state index in [1.807, 2.05) is 17.0 Å². The molecule has 1 saturated heterocycles. The Balaban J connectivity index is 1.80. The minimum atomic E-state index is -4.36. The van der Waals surface area contributed by atoms with E-state index < -0.39 is 18.6 Å². The summed E-state index contributed by atoms with van der Waals surface area (Å²) in [5.41, 5.74) is 1.14. The highest BCUT2D eigenvalue weighted by molar-refractivity contribution is 5.78. The highest BCUT2D eigenvalue weighted by Crippen LogP contribution is 2.29. The number of rotatable bonds is 4.